The van der Waals surface area contributed by atoms with Gasteiger partial charge in [-0.15, -0.1) is 23.1 Å². The average molecular weight is 323 g/mol. The summed E-state index contributed by atoms with van der Waals surface area (Å²) in [6.07, 6.45) is 0. The normalized spacial score (nSPS) is 10.2. The number of carbonyl (C=O) groups excluding carboxylic acids is 1. The number of rotatable bonds is 4. The molecule has 2 rings (SSSR count). The van der Waals surface area contributed by atoms with Crippen LogP contribution >= 0.6 is 34.7 Å². The molecule has 0 atom stereocenters. The van der Waals surface area contributed by atoms with Gasteiger partial charge < -0.3 is 5.73 Å². The summed E-state index contributed by atoms with van der Waals surface area (Å²) >= 11 is 8.60. The van der Waals surface area contributed by atoms with E-state index in [1.54, 1.807) is 24.3 Å². The zero-order valence-corrected chi connectivity index (χ0v) is 13.0. The lowest BCUT2D eigenvalue weighted by atomic mass is 10.1. The highest BCUT2D eigenvalue weighted by atomic mass is 35.5. The van der Waals surface area contributed by atoms with Crippen molar-refractivity contribution in [3.05, 3.63) is 45.3 Å². The summed E-state index contributed by atoms with van der Waals surface area (Å²) in [5, 5.41) is 9.73. The van der Waals surface area contributed by atoms with Crippen LogP contribution in [0.2, 0.25) is 5.02 Å². The quantitative estimate of drug-likeness (QED) is 0.676. The van der Waals surface area contributed by atoms with Crippen LogP contribution in [0.4, 0.5) is 5.69 Å². The smallest absolute Gasteiger partial charge is 0.205 e. The molecule has 0 saturated carbocycles. The highest BCUT2D eigenvalue weighted by Gasteiger charge is 2.21. The molecule has 3 nitrogen and oxygen atoms in total. The van der Waals surface area contributed by atoms with Gasteiger partial charge in [0.05, 0.1) is 9.90 Å². The molecule has 1 aromatic carbocycles. The fraction of sp³-hybridized carbons (Fsp3) is 0.143. The van der Waals surface area contributed by atoms with E-state index in [1.807, 2.05) is 6.92 Å². The summed E-state index contributed by atoms with van der Waals surface area (Å²) in [6, 6.07) is 8.70. The Bertz CT molecular complexity index is 686. The van der Waals surface area contributed by atoms with Gasteiger partial charge in [-0.05, 0) is 30.0 Å². The first-order valence-corrected chi connectivity index (χ1v) is 8.01. The van der Waals surface area contributed by atoms with Gasteiger partial charge >= 0.3 is 0 Å². The Labute approximate surface area is 130 Å². The molecule has 0 saturated heterocycles. The highest BCUT2D eigenvalue weighted by molar-refractivity contribution is 8.01. The van der Waals surface area contributed by atoms with E-state index in [0.717, 1.165) is 9.96 Å². The van der Waals surface area contributed by atoms with Crippen LogP contribution in [0.15, 0.2) is 28.5 Å². The van der Waals surface area contributed by atoms with E-state index in [1.165, 1.54) is 23.1 Å². The lowest BCUT2D eigenvalue weighted by Gasteiger charge is -1.99. The van der Waals surface area contributed by atoms with Gasteiger partial charge in [0, 0.05) is 10.6 Å². The zero-order chi connectivity index (χ0) is 14.7. The topological polar surface area (TPSA) is 66.9 Å². The van der Waals surface area contributed by atoms with Gasteiger partial charge in [-0.2, -0.15) is 5.26 Å². The summed E-state index contributed by atoms with van der Waals surface area (Å²) < 4.78 is 0.796. The third kappa shape index (κ3) is 2.83. The van der Waals surface area contributed by atoms with Crippen LogP contribution < -0.4 is 5.73 Å². The Balaban J connectivity index is 2.45. The molecule has 102 valence electrons. The number of benzene rings is 1. The molecule has 2 aromatic rings. The minimum atomic E-state index is -0.177. The molecule has 2 N–H and O–H groups in total. The molecule has 0 aliphatic carbocycles. The lowest BCUT2D eigenvalue weighted by Crippen LogP contribution is -2.02. The third-order valence-corrected chi connectivity index (χ3v) is 5.22. The van der Waals surface area contributed by atoms with Gasteiger partial charge in [0.15, 0.2) is 0 Å². The van der Waals surface area contributed by atoms with Crippen molar-refractivity contribution in [3.63, 3.8) is 0 Å². The van der Waals surface area contributed by atoms with Crippen LogP contribution in [0, 0.1) is 11.3 Å². The molecular formula is C14H11ClN2OS2. The Morgan fingerprint density at radius 3 is 2.65 bits per heavy atom. The van der Waals surface area contributed by atoms with E-state index in [-0.39, 0.29) is 11.5 Å². The first-order chi connectivity index (χ1) is 9.58. The highest BCUT2D eigenvalue weighted by Crippen LogP contribution is 2.38. The number of nitrogens with zero attached hydrogens (tertiary/aromatic N) is 1. The van der Waals surface area contributed by atoms with Crippen molar-refractivity contribution in [2.75, 3.05) is 11.5 Å². The van der Waals surface area contributed by atoms with Gasteiger partial charge in [0.2, 0.25) is 5.78 Å². The van der Waals surface area contributed by atoms with Gasteiger partial charge in [-0.3, -0.25) is 4.79 Å². The first kappa shape index (κ1) is 14.9. The van der Waals surface area contributed by atoms with Crippen molar-refractivity contribution in [3.8, 4) is 6.07 Å². The predicted molar refractivity (Wildman–Crippen MR) is 84.7 cm³/mol. The molecular weight excluding hydrogens is 312 g/mol. The number of ketones is 1. The van der Waals surface area contributed by atoms with Crippen LogP contribution in [0.5, 0.6) is 0 Å². The third-order valence-electron chi connectivity index (χ3n) is 2.61. The summed E-state index contributed by atoms with van der Waals surface area (Å²) in [5.41, 5.74) is 7.13. The van der Waals surface area contributed by atoms with Crippen molar-refractivity contribution in [2.24, 2.45) is 0 Å². The molecule has 0 spiro atoms. The summed E-state index contributed by atoms with van der Waals surface area (Å²) in [6.45, 7) is 1.99. The van der Waals surface area contributed by atoms with Crippen LogP contribution in [0.1, 0.15) is 27.7 Å². The van der Waals surface area contributed by atoms with E-state index in [2.05, 4.69) is 6.07 Å². The second kappa shape index (κ2) is 6.31. The lowest BCUT2D eigenvalue weighted by molar-refractivity contribution is 0.104. The monoisotopic (exact) mass is 322 g/mol. The number of hydrogen-bond acceptors (Lipinski definition) is 5. The van der Waals surface area contributed by atoms with E-state index < -0.39 is 0 Å². The second-order valence-corrected chi connectivity index (χ2v) is 6.88. The molecule has 0 fully saturated rings. The molecule has 1 heterocycles. The number of thioether (sulfide) groups is 1. The molecule has 0 bridgehead atoms. The second-order valence-electron chi connectivity index (χ2n) is 3.89. The van der Waals surface area contributed by atoms with Crippen LogP contribution in [0.25, 0.3) is 0 Å². The van der Waals surface area contributed by atoms with E-state index >= 15 is 0 Å². The molecule has 0 amide bonds. The number of hydrogen-bond donors (Lipinski definition) is 1. The minimum Gasteiger partial charge on any atom is -0.396 e. The molecule has 0 aliphatic heterocycles. The minimum absolute atomic E-state index is 0.177. The fourth-order valence-corrected chi connectivity index (χ4v) is 4.05. The van der Waals surface area contributed by atoms with Crippen molar-refractivity contribution < 1.29 is 4.79 Å². The number of thiophene rings is 1. The van der Waals surface area contributed by atoms with Gasteiger partial charge in [-0.25, -0.2) is 0 Å². The molecule has 1 aromatic heterocycles. The number of nitriles is 1. The first-order valence-electron chi connectivity index (χ1n) is 5.83. The van der Waals surface area contributed by atoms with Crippen LogP contribution in [0.3, 0.4) is 0 Å². The van der Waals surface area contributed by atoms with E-state index in [0.29, 0.717) is 21.0 Å². The van der Waals surface area contributed by atoms with E-state index in [9.17, 15) is 4.79 Å². The van der Waals surface area contributed by atoms with Gasteiger partial charge in [0.1, 0.15) is 16.5 Å². The SMILES string of the molecule is CCSc1sc(C(=O)c2ccc(Cl)cc2)c(N)c1C#N. The van der Waals surface area contributed by atoms with Crippen molar-refractivity contribution in [2.45, 2.75) is 11.1 Å². The van der Waals surface area contributed by atoms with Gasteiger partial charge in [0.25, 0.3) is 0 Å². The summed E-state index contributed by atoms with van der Waals surface area (Å²) in [5.74, 6) is 0.645. The maximum Gasteiger partial charge on any atom is 0.205 e. The van der Waals surface area contributed by atoms with Crippen LogP contribution in [-0.2, 0) is 0 Å². The summed E-state index contributed by atoms with van der Waals surface area (Å²) in [4.78, 5) is 12.8. The average Bonchev–Trinajstić information content (AvgIpc) is 2.75. The maximum atomic E-state index is 12.4. The fourth-order valence-electron chi connectivity index (χ4n) is 1.66. The Kier molecular flexibility index (Phi) is 4.71. The molecule has 6 heteroatoms. The number of anilines is 1. The zero-order valence-electron chi connectivity index (χ0n) is 10.6. The van der Waals surface area contributed by atoms with Crippen LogP contribution in [-0.4, -0.2) is 11.5 Å². The predicted octanol–water partition coefficient (Wildman–Crippen LogP) is 4.20. The largest absolute Gasteiger partial charge is 0.396 e. The Morgan fingerprint density at radius 1 is 1.45 bits per heavy atom. The molecule has 0 aliphatic rings. The Morgan fingerprint density at radius 2 is 2.10 bits per heavy atom. The number of halogens is 1. The van der Waals surface area contributed by atoms with Crippen molar-refractivity contribution >= 4 is 46.2 Å². The number of carbonyl (C=O) groups is 1. The van der Waals surface area contributed by atoms with E-state index in [4.69, 9.17) is 22.6 Å². The molecule has 0 unspecified atom stereocenters. The standard InChI is InChI=1S/C14H11ClN2OS2/c1-2-19-14-10(7-16)11(17)13(20-14)12(18)8-3-5-9(15)6-4-8/h3-6H,2,17H2,1H3. The number of nitrogens with two attached hydrogens (primary N) is 1. The molecule has 0 radical (unpaired) electrons. The number of nitrogen functional groups attached to an aromatic ring is 1. The van der Waals surface area contributed by atoms with Crippen molar-refractivity contribution in [1.29, 1.82) is 5.26 Å². The Hall–Kier alpha value is -1.48. The molecule has 20 heavy (non-hydrogen) atoms. The van der Waals surface area contributed by atoms with Gasteiger partial charge in [-0.1, -0.05) is 18.5 Å². The van der Waals surface area contributed by atoms with Crippen molar-refractivity contribution in [1.82, 2.24) is 0 Å². The maximum absolute atomic E-state index is 12.4. The summed E-state index contributed by atoms with van der Waals surface area (Å²) in [7, 11) is 0.